The average molecular weight is 458 g/mol. The highest BCUT2D eigenvalue weighted by Gasteiger charge is 2.55. The maximum Gasteiger partial charge on any atom is 0.256 e. The number of rotatable bonds is 8. The van der Waals surface area contributed by atoms with Gasteiger partial charge < -0.3 is 21.1 Å². The van der Waals surface area contributed by atoms with Gasteiger partial charge in [0.05, 0.1) is 17.2 Å². The highest BCUT2D eigenvalue weighted by molar-refractivity contribution is 5.99. The van der Waals surface area contributed by atoms with Crippen molar-refractivity contribution >= 4 is 23.8 Å². The zero-order valence-corrected chi connectivity index (χ0v) is 20.5. The van der Waals surface area contributed by atoms with E-state index >= 15 is 0 Å². The lowest BCUT2D eigenvalue weighted by atomic mass is 9.52. The fourth-order valence-corrected chi connectivity index (χ4v) is 6.23. The van der Waals surface area contributed by atoms with Crippen LogP contribution in [0.4, 0.5) is 5.82 Å². The Bertz CT molecular complexity index is 918. The van der Waals surface area contributed by atoms with Crippen LogP contribution in [0.5, 0.6) is 0 Å². The van der Waals surface area contributed by atoms with Crippen molar-refractivity contribution in [1.82, 2.24) is 20.4 Å². The van der Waals surface area contributed by atoms with Gasteiger partial charge in [0.2, 0.25) is 5.91 Å². The van der Waals surface area contributed by atoms with Gasteiger partial charge in [-0.3, -0.25) is 9.59 Å². The second-order valence-corrected chi connectivity index (χ2v) is 11.2. The van der Waals surface area contributed by atoms with Crippen LogP contribution in [0.25, 0.3) is 6.20 Å². The maximum atomic E-state index is 13.4. The van der Waals surface area contributed by atoms with Gasteiger partial charge in [0.1, 0.15) is 11.4 Å². The predicted molar refractivity (Wildman–Crippen MR) is 129 cm³/mol. The van der Waals surface area contributed by atoms with Crippen molar-refractivity contribution in [1.29, 1.82) is 0 Å². The van der Waals surface area contributed by atoms with E-state index in [2.05, 4.69) is 21.0 Å². The quantitative estimate of drug-likeness (QED) is 0.480. The summed E-state index contributed by atoms with van der Waals surface area (Å²) in [4.78, 5) is 25.7. The van der Waals surface area contributed by atoms with Crippen molar-refractivity contribution in [3.05, 3.63) is 17.8 Å². The highest BCUT2D eigenvalue weighted by atomic mass is 16.3. The largest absolute Gasteiger partial charge is 0.390 e. The van der Waals surface area contributed by atoms with E-state index in [1.807, 2.05) is 34.6 Å². The van der Waals surface area contributed by atoms with Crippen LogP contribution in [-0.4, -0.2) is 50.9 Å². The van der Waals surface area contributed by atoms with Crippen LogP contribution in [0, 0.1) is 23.2 Å². The Kier molecular flexibility index (Phi) is 6.33. The molecule has 2 unspecified atom stereocenters. The number of carbonyl (C=O) groups is 2. The molecule has 8 heteroatoms. The fourth-order valence-electron chi connectivity index (χ4n) is 6.23. The van der Waals surface area contributed by atoms with Crippen molar-refractivity contribution in [2.75, 3.05) is 11.9 Å². The second kappa shape index (κ2) is 8.78. The first-order valence-electron chi connectivity index (χ1n) is 12.4. The van der Waals surface area contributed by atoms with Gasteiger partial charge >= 0.3 is 0 Å². The third-order valence-electron chi connectivity index (χ3n) is 7.56. The SMILES string of the molecule is CCNC(=O)C(C)(C)/C=C/n1ncc(C(=O)NC2C3CC4CC2CC(O)(C4)C3)c1NC(C)C. The van der Waals surface area contributed by atoms with Crippen LogP contribution < -0.4 is 16.0 Å². The lowest BCUT2D eigenvalue weighted by Gasteiger charge is -2.58. The topological polar surface area (TPSA) is 108 Å². The van der Waals surface area contributed by atoms with Gasteiger partial charge in [-0.05, 0) is 84.5 Å². The molecule has 0 aliphatic heterocycles. The molecule has 4 aliphatic carbocycles. The maximum absolute atomic E-state index is 13.4. The summed E-state index contributed by atoms with van der Waals surface area (Å²) in [6.07, 6.45) is 9.83. The summed E-state index contributed by atoms with van der Waals surface area (Å²) in [6, 6.07) is 0.212. The number of anilines is 1. The number of amides is 2. The molecule has 0 radical (unpaired) electrons. The molecule has 0 spiro atoms. The molecule has 0 aromatic carbocycles. The summed E-state index contributed by atoms with van der Waals surface area (Å²) < 4.78 is 1.63. The monoisotopic (exact) mass is 457 g/mol. The van der Waals surface area contributed by atoms with Crippen LogP contribution in [0.1, 0.15) is 77.1 Å². The van der Waals surface area contributed by atoms with Crippen LogP contribution in [0.2, 0.25) is 0 Å². The summed E-state index contributed by atoms with van der Waals surface area (Å²) in [6.45, 7) is 10.2. The summed E-state index contributed by atoms with van der Waals surface area (Å²) in [7, 11) is 0. The number of aliphatic hydroxyl groups is 1. The molecular formula is C25H39N5O3. The van der Waals surface area contributed by atoms with E-state index in [1.54, 1.807) is 23.2 Å². The van der Waals surface area contributed by atoms with E-state index in [-0.39, 0.29) is 23.9 Å². The van der Waals surface area contributed by atoms with Gasteiger partial charge in [-0.15, -0.1) is 0 Å². The van der Waals surface area contributed by atoms with Crippen molar-refractivity contribution < 1.29 is 14.7 Å². The number of hydrogen-bond donors (Lipinski definition) is 4. The van der Waals surface area contributed by atoms with E-state index in [0.29, 0.717) is 35.7 Å². The van der Waals surface area contributed by atoms with Crippen LogP contribution in [0.15, 0.2) is 12.3 Å². The average Bonchev–Trinajstić information content (AvgIpc) is 3.10. The van der Waals surface area contributed by atoms with Gasteiger partial charge in [0.15, 0.2) is 0 Å². The molecule has 1 heterocycles. The Morgan fingerprint density at radius 3 is 2.52 bits per heavy atom. The minimum Gasteiger partial charge on any atom is -0.390 e. The normalized spacial score (nSPS) is 30.8. The first-order valence-corrected chi connectivity index (χ1v) is 12.4. The second-order valence-electron chi connectivity index (χ2n) is 11.2. The van der Waals surface area contributed by atoms with E-state index in [0.717, 1.165) is 32.1 Å². The van der Waals surface area contributed by atoms with Crippen LogP contribution in [-0.2, 0) is 4.79 Å². The zero-order valence-electron chi connectivity index (χ0n) is 20.5. The number of nitrogens with one attached hydrogen (secondary N) is 3. The third kappa shape index (κ3) is 4.81. The van der Waals surface area contributed by atoms with Gasteiger partial charge in [0.25, 0.3) is 5.91 Å². The molecule has 1 aromatic heterocycles. The number of nitrogens with zero attached hydrogens (tertiary/aromatic N) is 2. The molecule has 5 rings (SSSR count). The Hall–Kier alpha value is -2.35. The first kappa shape index (κ1) is 23.8. The lowest BCUT2D eigenvalue weighted by Crippen LogP contribution is -2.61. The van der Waals surface area contributed by atoms with Gasteiger partial charge in [0, 0.05) is 24.8 Å². The van der Waals surface area contributed by atoms with Crippen molar-refractivity contribution in [3.63, 3.8) is 0 Å². The van der Waals surface area contributed by atoms with Gasteiger partial charge in [-0.25, -0.2) is 4.68 Å². The summed E-state index contributed by atoms with van der Waals surface area (Å²) >= 11 is 0. The standard InChI is InChI=1S/C25H39N5O3/c1-6-26-23(32)24(4,5)7-8-30-21(28-15(2)3)19(14-27-30)22(31)29-20-17-9-16-10-18(20)13-25(33,11-16)12-17/h7-8,14-18,20,28,33H,6,9-13H2,1-5H3,(H,26,32)(H,29,31)/b8-7+. The molecule has 4 N–H and O–H groups in total. The minimum absolute atomic E-state index is 0.0618. The molecule has 4 aliphatic rings. The van der Waals surface area contributed by atoms with Gasteiger partial charge in [-0.1, -0.05) is 6.08 Å². The van der Waals surface area contributed by atoms with E-state index in [4.69, 9.17) is 0 Å². The van der Waals surface area contributed by atoms with Crippen molar-refractivity contribution in [2.45, 2.75) is 84.4 Å². The Morgan fingerprint density at radius 2 is 1.94 bits per heavy atom. The highest BCUT2D eigenvalue weighted by Crippen LogP contribution is 2.55. The summed E-state index contributed by atoms with van der Waals surface area (Å²) in [5.74, 6) is 1.71. The number of hydrogen-bond acceptors (Lipinski definition) is 5. The van der Waals surface area contributed by atoms with Crippen LogP contribution >= 0.6 is 0 Å². The Labute approximate surface area is 196 Å². The summed E-state index contributed by atoms with van der Waals surface area (Å²) in [5.41, 5.74) is -0.730. The first-order chi connectivity index (χ1) is 15.5. The number of carbonyl (C=O) groups excluding carboxylic acids is 2. The smallest absolute Gasteiger partial charge is 0.256 e. The minimum atomic E-state index is -0.708. The van der Waals surface area contributed by atoms with Crippen LogP contribution in [0.3, 0.4) is 0 Å². The van der Waals surface area contributed by atoms with E-state index in [1.165, 1.54) is 0 Å². The predicted octanol–water partition coefficient (Wildman–Crippen LogP) is 3.01. The molecule has 8 nitrogen and oxygen atoms in total. The lowest BCUT2D eigenvalue weighted by molar-refractivity contribution is -0.136. The molecule has 2 amide bonds. The molecular weight excluding hydrogens is 418 g/mol. The number of aromatic nitrogens is 2. The van der Waals surface area contributed by atoms with Crippen molar-refractivity contribution in [3.8, 4) is 0 Å². The molecule has 0 saturated heterocycles. The molecule has 182 valence electrons. The fraction of sp³-hybridized carbons (Fsp3) is 0.720. The summed E-state index contributed by atoms with van der Waals surface area (Å²) in [5, 5.41) is 24.8. The molecule has 4 bridgehead atoms. The van der Waals surface area contributed by atoms with Gasteiger partial charge in [-0.2, -0.15) is 5.10 Å². The third-order valence-corrected chi connectivity index (χ3v) is 7.56. The Morgan fingerprint density at radius 1 is 1.27 bits per heavy atom. The van der Waals surface area contributed by atoms with E-state index < -0.39 is 11.0 Å². The molecule has 1 aromatic rings. The molecule has 4 saturated carbocycles. The molecule has 2 atom stereocenters. The van der Waals surface area contributed by atoms with Crippen molar-refractivity contribution in [2.24, 2.45) is 23.2 Å². The van der Waals surface area contributed by atoms with E-state index in [9.17, 15) is 14.7 Å². The molecule has 4 fully saturated rings. The molecule has 33 heavy (non-hydrogen) atoms. The zero-order chi connectivity index (χ0) is 24.0. The Balaban J connectivity index is 1.53.